The summed E-state index contributed by atoms with van der Waals surface area (Å²) in [5.74, 6) is 1.17. The lowest BCUT2D eigenvalue weighted by Crippen LogP contribution is -2.30. The van der Waals surface area contributed by atoms with Gasteiger partial charge in [-0.1, -0.05) is 25.1 Å². The molecule has 1 unspecified atom stereocenters. The number of pyridine rings is 1. The van der Waals surface area contributed by atoms with Crippen LogP contribution in [0.5, 0.6) is 0 Å². The van der Waals surface area contributed by atoms with Crippen molar-refractivity contribution in [1.29, 1.82) is 0 Å². The zero-order valence-electron chi connectivity index (χ0n) is 13.9. The fourth-order valence-corrected chi connectivity index (χ4v) is 2.90. The number of aromatic nitrogens is 1. The van der Waals surface area contributed by atoms with Crippen molar-refractivity contribution in [2.24, 2.45) is 11.8 Å². The molecule has 1 fully saturated rings. The van der Waals surface area contributed by atoms with Gasteiger partial charge in [-0.3, -0.25) is 4.79 Å². The number of rotatable bonds is 5. The highest BCUT2D eigenvalue weighted by atomic mass is 16.5. The molecule has 1 aliphatic rings. The number of ether oxygens (including phenoxy) is 1. The molecule has 0 saturated carbocycles. The van der Waals surface area contributed by atoms with Crippen molar-refractivity contribution in [2.45, 2.75) is 19.8 Å². The van der Waals surface area contributed by atoms with Crippen LogP contribution in [0, 0.1) is 11.8 Å². The van der Waals surface area contributed by atoms with Gasteiger partial charge in [-0.05, 0) is 43.0 Å². The van der Waals surface area contributed by atoms with Gasteiger partial charge >= 0.3 is 0 Å². The van der Waals surface area contributed by atoms with Gasteiger partial charge in [0.25, 0.3) is 0 Å². The summed E-state index contributed by atoms with van der Waals surface area (Å²) in [4.78, 5) is 16.7. The molecular weight excluding hydrogens is 302 g/mol. The molecule has 1 amide bonds. The van der Waals surface area contributed by atoms with E-state index < -0.39 is 0 Å². The second-order valence-corrected chi connectivity index (χ2v) is 6.15. The first-order valence-electron chi connectivity index (χ1n) is 8.39. The summed E-state index contributed by atoms with van der Waals surface area (Å²) >= 11 is 0. The van der Waals surface area contributed by atoms with E-state index in [1.165, 1.54) is 0 Å². The Balaban J connectivity index is 1.56. The second-order valence-electron chi connectivity index (χ2n) is 6.15. The van der Waals surface area contributed by atoms with E-state index in [0.717, 1.165) is 43.2 Å². The monoisotopic (exact) mass is 325 g/mol. The summed E-state index contributed by atoms with van der Waals surface area (Å²) in [5.41, 5.74) is 1.70. The number of carbonyl (C=O) groups is 1. The van der Waals surface area contributed by atoms with Gasteiger partial charge in [0.15, 0.2) is 0 Å². The summed E-state index contributed by atoms with van der Waals surface area (Å²) in [6.07, 6.45) is 3.58. The number of nitrogens with zero attached hydrogens (tertiary/aromatic N) is 1. The van der Waals surface area contributed by atoms with E-state index in [2.05, 4.69) is 15.6 Å². The van der Waals surface area contributed by atoms with Crippen molar-refractivity contribution in [3.05, 3.63) is 48.7 Å². The number of anilines is 3. The Hall–Kier alpha value is -2.40. The number of hydrogen-bond donors (Lipinski definition) is 2. The number of nitrogens with one attached hydrogen (secondary N) is 2. The van der Waals surface area contributed by atoms with E-state index in [-0.39, 0.29) is 11.8 Å². The number of hydrogen-bond acceptors (Lipinski definition) is 4. The molecule has 1 aromatic heterocycles. The Morgan fingerprint density at radius 2 is 1.88 bits per heavy atom. The Bertz CT molecular complexity index is 652. The van der Waals surface area contributed by atoms with Gasteiger partial charge < -0.3 is 15.4 Å². The maximum atomic E-state index is 12.4. The van der Waals surface area contributed by atoms with E-state index in [9.17, 15) is 4.79 Å². The lowest BCUT2D eigenvalue weighted by atomic mass is 9.87. The van der Waals surface area contributed by atoms with Crippen LogP contribution in [-0.2, 0) is 9.53 Å². The van der Waals surface area contributed by atoms with Gasteiger partial charge in [0.05, 0.1) is 11.9 Å². The van der Waals surface area contributed by atoms with Crippen LogP contribution >= 0.6 is 0 Å². The van der Waals surface area contributed by atoms with Crippen LogP contribution in [-0.4, -0.2) is 24.1 Å². The Morgan fingerprint density at radius 3 is 2.54 bits per heavy atom. The highest BCUT2D eigenvalue weighted by Crippen LogP contribution is 2.25. The topological polar surface area (TPSA) is 63.2 Å². The zero-order valence-corrected chi connectivity index (χ0v) is 13.9. The van der Waals surface area contributed by atoms with E-state index in [4.69, 9.17) is 4.74 Å². The highest BCUT2D eigenvalue weighted by Gasteiger charge is 2.25. The largest absolute Gasteiger partial charge is 0.381 e. The van der Waals surface area contributed by atoms with Crippen molar-refractivity contribution in [3.63, 3.8) is 0 Å². The first-order valence-corrected chi connectivity index (χ1v) is 8.39. The van der Waals surface area contributed by atoms with E-state index >= 15 is 0 Å². The number of amides is 1. The number of benzene rings is 1. The molecule has 1 aliphatic heterocycles. The molecule has 3 rings (SSSR count). The van der Waals surface area contributed by atoms with Gasteiger partial charge in [0.2, 0.25) is 5.91 Å². The average Bonchev–Trinajstić information content (AvgIpc) is 2.64. The third kappa shape index (κ3) is 4.32. The molecule has 0 aliphatic carbocycles. The minimum absolute atomic E-state index is 0.0176. The molecule has 2 aromatic rings. The molecule has 5 heteroatoms. The summed E-state index contributed by atoms with van der Waals surface area (Å²) in [6, 6.07) is 13.6. The van der Waals surface area contributed by atoms with Crippen LogP contribution in [0.25, 0.3) is 0 Å². The van der Waals surface area contributed by atoms with Crippen molar-refractivity contribution in [2.75, 3.05) is 23.8 Å². The van der Waals surface area contributed by atoms with Gasteiger partial charge in [-0.2, -0.15) is 0 Å². The van der Waals surface area contributed by atoms with E-state index in [0.29, 0.717) is 5.92 Å². The predicted octanol–water partition coefficient (Wildman–Crippen LogP) is 3.83. The van der Waals surface area contributed by atoms with Crippen LogP contribution in [0.1, 0.15) is 19.8 Å². The molecule has 5 nitrogen and oxygen atoms in total. The van der Waals surface area contributed by atoms with Crippen LogP contribution in [0.15, 0.2) is 48.7 Å². The highest BCUT2D eigenvalue weighted by molar-refractivity contribution is 5.92. The van der Waals surface area contributed by atoms with Crippen molar-refractivity contribution in [1.82, 2.24) is 4.98 Å². The molecule has 1 aromatic carbocycles. The lowest BCUT2D eigenvalue weighted by molar-refractivity contribution is -0.122. The zero-order chi connectivity index (χ0) is 16.8. The van der Waals surface area contributed by atoms with Crippen LogP contribution < -0.4 is 10.6 Å². The van der Waals surface area contributed by atoms with Crippen molar-refractivity contribution < 1.29 is 9.53 Å². The third-order valence-electron chi connectivity index (χ3n) is 4.46. The molecule has 0 radical (unpaired) electrons. The van der Waals surface area contributed by atoms with E-state index in [1.807, 2.05) is 49.4 Å². The predicted molar refractivity (Wildman–Crippen MR) is 95.3 cm³/mol. The van der Waals surface area contributed by atoms with Crippen molar-refractivity contribution in [3.8, 4) is 0 Å². The minimum Gasteiger partial charge on any atom is -0.381 e. The second kappa shape index (κ2) is 7.93. The van der Waals surface area contributed by atoms with Crippen LogP contribution in [0.4, 0.5) is 17.2 Å². The van der Waals surface area contributed by atoms with Gasteiger partial charge in [0.1, 0.15) is 5.82 Å². The quantitative estimate of drug-likeness (QED) is 0.877. The Kier molecular flexibility index (Phi) is 5.43. The standard InChI is InChI=1S/C19H23N3O2/c1-14(15-9-11-24-12-10-15)19(23)22-17-7-8-18(20-13-17)21-16-5-3-2-4-6-16/h2-8,13-15H,9-12H2,1H3,(H,20,21)(H,22,23). The molecule has 2 N–H and O–H groups in total. The lowest BCUT2D eigenvalue weighted by Gasteiger charge is -2.26. The third-order valence-corrected chi connectivity index (χ3v) is 4.46. The minimum atomic E-state index is -0.0176. The first kappa shape index (κ1) is 16.5. The van der Waals surface area contributed by atoms with Gasteiger partial charge in [0, 0.05) is 24.8 Å². The summed E-state index contributed by atoms with van der Waals surface area (Å²) in [6.45, 7) is 3.50. The van der Waals surface area contributed by atoms with Crippen molar-refractivity contribution >= 4 is 23.1 Å². The van der Waals surface area contributed by atoms with E-state index in [1.54, 1.807) is 6.20 Å². The number of carbonyl (C=O) groups excluding carboxylic acids is 1. The molecule has 24 heavy (non-hydrogen) atoms. The van der Waals surface area contributed by atoms with Crippen LogP contribution in [0.3, 0.4) is 0 Å². The summed E-state index contributed by atoms with van der Waals surface area (Å²) in [5, 5.41) is 6.18. The summed E-state index contributed by atoms with van der Waals surface area (Å²) in [7, 11) is 0. The fourth-order valence-electron chi connectivity index (χ4n) is 2.90. The molecule has 0 bridgehead atoms. The molecule has 126 valence electrons. The SMILES string of the molecule is CC(C(=O)Nc1ccc(Nc2ccccc2)nc1)C1CCOCC1. The molecule has 0 spiro atoms. The molecule has 1 saturated heterocycles. The average molecular weight is 325 g/mol. The number of para-hydroxylation sites is 1. The maximum absolute atomic E-state index is 12.4. The smallest absolute Gasteiger partial charge is 0.227 e. The first-order chi connectivity index (χ1) is 11.7. The fraction of sp³-hybridized carbons (Fsp3) is 0.368. The molecule has 2 heterocycles. The molecular formula is C19H23N3O2. The maximum Gasteiger partial charge on any atom is 0.227 e. The van der Waals surface area contributed by atoms with Gasteiger partial charge in [-0.25, -0.2) is 4.98 Å². The summed E-state index contributed by atoms with van der Waals surface area (Å²) < 4.78 is 5.36. The van der Waals surface area contributed by atoms with Gasteiger partial charge in [-0.15, -0.1) is 0 Å². The Morgan fingerprint density at radius 1 is 1.12 bits per heavy atom. The van der Waals surface area contributed by atoms with Crippen LogP contribution in [0.2, 0.25) is 0 Å². The normalized spacial score (nSPS) is 16.4. The molecule has 1 atom stereocenters. The Labute approximate surface area is 142 Å².